The standard InChI is InChI=1S/C22H31N5/c1-25(2)20-14-18(15-21(26(3)4)22(20)27(5)6)17(12-13-23)16-24-19-10-8-7-9-11-19/h7-11,14-15,17,24H,12,16H2,1-6H3. The van der Waals surface area contributed by atoms with Crippen LogP contribution in [0.15, 0.2) is 42.5 Å². The Balaban J connectivity index is 2.44. The van der Waals surface area contributed by atoms with Gasteiger partial charge in [-0.3, -0.25) is 0 Å². The highest BCUT2D eigenvalue weighted by Crippen LogP contribution is 2.40. The number of rotatable bonds is 8. The Morgan fingerprint density at radius 1 is 0.889 bits per heavy atom. The molecule has 2 rings (SSSR count). The van der Waals surface area contributed by atoms with Crippen molar-refractivity contribution in [1.29, 1.82) is 5.26 Å². The van der Waals surface area contributed by atoms with Gasteiger partial charge in [0.2, 0.25) is 0 Å². The van der Waals surface area contributed by atoms with Crippen LogP contribution in [-0.4, -0.2) is 48.8 Å². The van der Waals surface area contributed by atoms with Gasteiger partial charge in [-0.15, -0.1) is 0 Å². The molecular formula is C22H31N5. The van der Waals surface area contributed by atoms with E-state index < -0.39 is 0 Å². The first kappa shape index (κ1) is 20.4. The molecule has 5 heteroatoms. The molecule has 0 aliphatic heterocycles. The molecule has 0 aliphatic rings. The molecule has 27 heavy (non-hydrogen) atoms. The van der Waals surface area contributed by atoms with Crippen molar-refractivity contribution in [1.82, 2.24) is 0 Å². The van der Waals surface area contributed by atoms with Crippen LogP contribution >= 0.6 is 0 Å². The second-order valence-corrected chi connectivity index (χ2v) is 7.40. The second-order valence-electron chi connectivity index (χ2n) is 7.40. The Morgan fingerprint density at radius 3 is 1.89 bits per heavy atom. The number of hydrogen-bond acceptors (Lipinski definition) is 5. The Kier molecular flexibility index (Phi) is 6.95. The van der Waals surface area contributed by atoms with Crippen molar-refractivity contribution < 1.29 is 0 Å². The summed E-state index contributed by atoms with van der Waals surface area (Å²) in [6.07, 6.45) is 0.473. The normalized spacial score (nSPS) is 11.4. The quantitative estimate of drug-likeness (QED) is 0.766. The molecule has 2 aromatic carbocycles. The average molecular weight is 366 g/mol. The molecular weight excluding hydrogens is 334 g/mol. The van der Waals surface area contributed by atoms with Gasteiger partial charge in [0.25, 0.3) is 0 Å². The lowest BCUT2D eigenvalue weighted by Gasteiger charge is -2.30. The van der Waals surface area contributed by atoms with Crippen LogP contribution in [0.25, 0.3) is 0 Å². The van der Waals surface area contributed by atoms with Crippen molar-refractivity contribution in [2.75, 3.05) is 68.8 Å². The summed E-state index contributed by atoms with van der Waals surface area (Å²) in [5.41, 5.74) is 5.75. The van der Waals surface area contributed by atoms with Gasteiger partial charge >= 0.3 is 0 Å². The Hall–Kier alpha value is -2.87. The molecule has 0 aliphatic carbocycles. The van der Waals surface area contributed by atoms with E-state index in [4.69, 9.17) is 0 Å². The fraction of sp³-hybridized carbons (Fsp3) is 0.409. The predicted molar refractivity (Wildman–Crippen MR) is 117 cm³/mol. The molecule has 5 nitrogen and oxygen atoms in total. The van der Waals surface area contributed by atoms with Crippen LogP contribution in [0.1, 0.15) is 17.9 Å². The third-order valence-corrected chi connectivity index (χ3v) is 4.64. The highest BCUT2D eigenvalue weighted by molar-refractivity contribution is 5.85. The summed E-state index contributed by atoms with van der Waals surface area (Å²) in [5.74, 6) is 0.115. The average Bonchev–Trinajstić information content (AvgIpc) is 2.64. The van der Waals surface area contributed by atoms with E-state index >= 15 is 0 Å². The van der Waals surface area contributed by atoms with E-state index in [1.807, 2.05) is 18.2 Å². The summed E-state index contributed by atoms with van der Waals surface area (Å²) in [6, 6.07) is 16.9. The van der Waals surface area contributed by atoms with Crippen LogP contribution in [0.5, 0.6) is 0 Å². The molecule has 0 radical (unpaired) electrons. The highest BCUT2D eigenvalue weighted by Gasteiger charge is 2.20. The maximum absolute atomic E-state index is 9.39. The summed E-state index contributed by atoms with van der Waals surface area (Å²) >= 11 is 0. The summed E-state index contributed by atoms with van der Waals surface area (Å²) in [6.45, 7) is 0.721. The van der Waals surface area contributed by atoms with E-state index in [0.717, 1.165) is 23.6 Å². The van der Waals surface area contributed by atoms with Gasteiger partial charge in [-0.2, -0.15) is 5.26 Å². The molecule has 1 atom stereocenters. The van der Waals surface area contributed by atoms with E-state index in [9.17, 15) is 5.26 Å². The van der Waals surface area contributed by atoms with Crippen molar-refractivity contribution in [2.24, 2.45) is 0 Å². The Morgan fingerprint density at radius 2 is 1.44 bits per heavy atom. The summed E-state index contributed by atoms with van der Waals surface area (Å²) in [5, 5.41) is 12.9. The van der Waals surface area contributed by atoms with Crippen molar-refractivity contribution in [3.8, 4) is 6.07 Å². The van der Waals surface area contributed by atoms with Gasteiger partial charge in [-0.25, -0.2) is 0 Å². The van der Waals surface area contributed by atoms with Crippen molar-refractivity contribution in [3.05, 3.63) is 48.0 Å². The minimum atomic E-state index is 0.115. The lowest BCUT2D eigenvalue weighted by molar-refractivity contribution is 0.741. The smallest absolute Gasteiger partial charge is 0.0836 e. The number of benzene rings is 2. The van der Waals surface area contributed by atoms with Crippen LogP contribution in [-0.2, 0) is 0 Å². The van der Waals surface area contributed by atoms with Gasteiger partial charge in [0, 0.05) is 66.9 Å². The molecule has 2 aromatic rings. The molecule has 0 bridgehead atoms. The number of hydrogen-bond donors (Lipinski definition) is 1. The van der Waals surface area contributed by atoms with E-state index in [1.54, 1.807) is 0 Å². The highest BCUT2D eigenvalue weighted by atomic mass is 15.2. The number of anilines is 4. The van der Waals surface area contributed by atoms with Gasteiger partial charge in [0.05, 0.1) is 23.1 Å². The topological polar surface area (TPSA) is 45.5 Å². The Labute approximate surface area is 163 Å². The summed E-state index contributed by atoms with van der Waals surface area (Å²) in [4.78, 5) is 6.43. The van der Waals surface area contributed by atoms with Gasteiger partial charge in [-0.1, -0.05) is 18.2 Å². The maximum Gasteiger partial charge on any atom is 0.0836 e. The maximum atomic E-state index is 9.39. The molecule has 1 unspecified atom stereocenters. The molecule has 0 saturated heterocycles. The molecule has 0 saturated carbocycles. The third-order valence-electron chi connectivity index (χ3n) is 4.64. The zero-order chi connectivity index (χ0) is 20.0. The molecule has 0 aromatic heterocycles. The van der Waals surface area contributed by atoms with Crippen molar-refractivity contribution >= 4 is 22.7 Å². The number of nitrogens with zero attached hydrogens (tertiary/aromatic N) is 4. The first-order chi connectivity index (χ1) is 12.8. The molecule has 0 heterocycles. The molecule has 1 N–H and O–H groups in total. The fourth-order valence-corrected chi connectivity index (χ4v) is 3.22. The molecule has 0 amide bonds. The van der Waals surface area contributed by atoms with E-state index in [-0.39, 0.29) is 5.92 Å². The van der Waals surface area contributed by atoms with Crippen LogP contribution < -0.4 is 20.0 Å². The van der Waals surface area contributed by atoms with Gasteiger partial charge in [0.15, 0.2) is 0 Å². The zero-order valence-electron chi connectivity index (χ0n) is 17.3. The molecule has 144 valence electrons. The molecule has 0 spiro atoms. The zero-order valence-corrected chi connectivity index (χ0v) is 17.3. The fourth-order valence-electron chi connectivity index (χ4n) is 3.22. The lowest BCUT2D eigenvalue weighted by atomic mass is 9.93. The first-order valence-corrected chi connectivity index (χ1v) is 9.21. The van der Waals surface area contributed by atoms with Gasteiger partial charge < -0.3 is 20.0 Å². The summed E-state index contributed by atoms with van der Waals surface area (Å²) in [7, 11) is 12.4. The van der Waals surface area contributed by atoms with Gasteiger partial charge in [-0.05, 0) is 29.8 Å². The molecule has 0 fully saturated rings. The third kappa shape index (κ3) is 5.07. The van der Waals surface area contributed by atoms with E-state index in [0.29, 0.717) is 6.42 Å². The van der Waals surface area contributed by atoms with Crippen LogP contribution in [0, 0.1) is 11.3 Å². The lowest BCUT2D eigenvalue weighted by Crippen LogP contribution is -2.22. The van der Waals surface area contributed by atoms with Crippen LogP contribution in [0.4, 0.5) is 22.7 Å². The number of nitriles is 1. The van der Waals surface area contributed by atoms with Crippen LogP contribution in [0.3, 0.4) is 0 Å². The first-order valence-electron chi connectivity index (χ1n) is 9.21. The predicted octanol–water partition coefficient (Wildman–Crippen LogP) is 3.99. The van der Waals surface area contributed by atoms with Crippen molar-refractivity contribution in [2.45, 2.75) is 12.3 Å². The van der Waals surface area contributed by atoms with Crippen LogP contribution in [0.2, 0.25) is 0 Å². The largest absolute Gasteiger partial charge is 0.384 e. The SMILES string of the molecule is CN(C)c1cc(C(CC#N)CNc2ccccc2)cc(N(C)C)c1N(C)C. The van der Waals surface area contributed by atoms with E-state index in [1.165, 1.54) is 11.3 Å². The number of nitrogens with one attached hydrogen (secondary N) is 1. The van der Waals surface area contributed by atoms with Gasteiger partial charge in [0.1, 0.15) is 0 Å². The minimum Gasteiger partial charge on any atom is -0.384 e. The van der Waals surface area contributed by atoms with Crippen molar-refractivity contribution in [3.63, 3.8) is 0 Å². The Bertz CT molecular complexity index is 746. The van der Waals surface area contributed by atoms with E-state index in [2.05, 4.69) is 92.6 Å². The second kappa shape index (κ2) is 9.18. The monoisotopic (exact) mass is 365 g/mol. The summed E-state index contributed by atoms with van der Waals surface area (Å²) < 4.78 is 0. The number of para-hydroxylation sites is 1. The minimum absolute atomic E-state index is 0.115.